The minimum absolute atomic E-state index is 0.214. The van der Waals surface area contributed by atoms with Gasteiger partial charge in [-0.15, -0.1) is 11.3 Å². The Kier molecular flexibility index (Phi) is 4.54. The summed E-state index contributed by atoms with van der Waals surface area (Å²) in [6.45, 7) is 6.86. The molecule has 5 heteroatoms. The Morgan fingerprint density at radius 1 is 1.33 bits per heavy atom. The lowest BCUT2D eigenvalue weighted by atomic mass is 10.1. The van der Waals surface area contributed by atoms with Crippen LogP contribution in [0, 0.1) is 5.92 Å². The zero-order valence-corrected chi connectivity index (χ0v) is 12.4. The van der Waals surface area contributed by atoms with E-state index in [1.807, 2.05) is 11.4 Å². The lowest BCUT2D eigenvalue weighted by Crippen LogP contribution is -2.12. The Morgan fingerprint density at radius 2 is 2.11 bits per heavy atom. The summed E-state index contributed by atoms with van der Waals surface area (Å²) in [4.78, 5) is 9.63. The van der Waals surface area contributed by atoms with Crippen molar-refractivity contribution in [1.29, 1.82) is 0 Å². The Labute approximate surface area is 116 Å². The molecule has 0 saturated carbocycles. The van der Waals surface area contributed by atoms with Crippen molar-refractivity contribution in [1.82, 2.24) is 9.97 Å². The highest BCUT2D eigenvalue weighted by Gasteiger charge is 2.10. The second-order valence-corrected chi connectivity index (χ2v) is 6.07. The number of hydrogen-bond acceptors (Lipinski definition) is 4. The Bertz CT molecular complexity index is 527. The molecule has 0 fully saturated rings. The third-order valence-electron chi connectivity index (χ3n) is 2.63. The maximum atomic E-state index is 6.10. The highest BCUT2D eigenvalue weighted by Crippen LogP contribution is 2.25. The first-order valence-electron chi connectivity index (χ1n) is 6.07. The summed E-state index contributed by atoms with van der Waals surface area (Å²) < 4.78 is 5.74. The molecule has 0 aromatic carbocycles. The van der Waals surface area contributed by atoms with Gasteiger partial charge in [-0.3, -0.25) is 0 Å². The Balaban J connectivity index is 2.03. The van der Waals surface area contributed by atoms with E-state index in [0.29, 0.717) is 23.5 Å². The van der Waals surface area contributed by atoms with Gasteiger partial charge in [0.15, 0.2) is 5.82 Å². The molecule has 1 unspecified atom stereocenters. The molecule has 0 N–H and O–H groups in total. The highest BCUT2D eigenvalue weighted by molar-refractivity contribution is 7.16. The maximum absolute atomic E-state index is 6.10. The molecule has 98 valence electrons. The van der Waals surface area contributed by atoms with Crippen molar-refractivity contribution in [2.75, 3.05) is 0 Å². The predicted octanol–water partition coefficient (Wildman–Crippen LogP) is 4.30. The molecule has 1 atom stereocenters. The van der Waals surface area contributed by atoms with Crippen molar-refractivity contribution in [3.05, 3.63) is 22.4 Å². The molecule has 18 heavy (non-hydrogen) atoms. The van der Waals surface area contributed by atoms with Crippen LogP contribution in [0.15, 0.2) is 11.4 Å². The van der Waals surface area contributed by atoms with Gasteiger partial charge < -0.3 is 4.74 Å². The summed E-state index contributed by atoms with van der Waals surface area (Å²) in [5, 5.41) is 3.40. The molecule has 0 aliphatic heterocycles. The smallest absolute Gasteiger partial charge is 0.157 e. The van der Waals surface area contributed by atoms with E-state index in [9.17, 15) is 0 Å². The fourth-order valence-corrected chi connectivity index (χ4v) is 2.96. The van der Waals surface area contributed by atoms with E-state index in [-0.39, 0.29) is 6.10 Å². The van der Waals surface area contributed by atoms with E-state index >= 15 is 0 Å². The summed E-state index contributed by atoms with van der Waals surface area (Å²) in [6.07, 6.45) is 1.25. The molecule has 0 aliphatic rings. The van der Waals surface area contributed by atoms with Crippen molar-refractivity contribution >= 4 is 33.2 Å². The van der Waals surface area contributed by atoms with Crippen LogP contribution in [0.4, 0.5) is 0 Å². The number of thiophene rings is 1. The SMILES string of the molecule is CC(C)CC(C)OCc1nc(Cl)c2ccsc2n1. The number of nitrogens with zero attached hydrogens (tertiary/aromatic N) is 2. The van der Waals surface area contributed by atoms with Crippen molar-refractivity contribution in [3.8, 4) is 0 Å². The lowest BCUT2D eigenvalue weighted by Gasteiger charge is -2.14. The van der Waals surface area contributed by atoms with Crippen molar-refractivity contribution in [2.45, 2.75) is 39.9 Å². The molecular weight excluding hydrogens is 268 g/mol. The molecule has 0 aliphatic carbocycles. The van der Waals surface area contributed by atoms with Crippen LogP contribution in [-0.2, 0) is 11.3 Å². The largest absolute Gasteiger partial charge is 0.371 e. The van der Waals surface area contributed by atoms with Crippen molar-refractivity contribution in [2.24, 2.45) is 5.92 Å². The molecule has 0 spiro atoms. The topological polar surface area (TPSA) is 35.0 Å². The summed E-state index contributed by atoms with van der Waals surface area (Å²) in [5.74, 6) is 1.29. The van der Waals surface area contributed by atoms with Crippen LogP contribution in [0.3, 0.4) is 0 Å². The van der Waals surface area contributed by atoms with E-state index in [1.165, 1.54) is 0 Å². The second kappa shape index (κ2) is 5.95. The quantitative estimate of drug-likeness (QED) is 0.768. The van der Waals surface area contributed by atoms with Crippen LogP contribution in [0.25, 0.3) is 10.2 Å². The molecule has 2 heterocycles. The zero-order chi connectivity index (χ0) is 13.1. The summed E-state index contributed by atoms with van der Waals surface area (Å²) in [6, 6.07) is 1.94. The molecule has 2 aromatic rings. The standard InChI is InChI=1S/C13H17ClN2OS/c1-8(2)6-9(3)17-7-11-15-12(14)10-4-5-18-13(10)16-11/h4-5,8-9H,6-7H2,1-3H3. The first kappa shape index (κ1) is 13.7. The normalized spacial score (nSPS) is 13.4. The van der Waals surface area contributed by atoms with Crippen LogP contribution in [-0.4, -0.2) is 16.1 Å². The molecule has 0 bridgehead atoms. The van der Waals surface area contributed by atoms with Crippen LogP contribution >= 0.6 is 22.9 Å². The molecule has 0 radical (unpaired) electrons. The third kappa shape index (κ3) is 3.40. The highest BCUT2D eigenvalue weighted by atomic mass is 35.5. The molecule has 3 nitrogen and oxygen atoms in total. The third-order valence-corrected chi connectivity index (χ3v) is 3.72. The number of hydrogen-bond donors (Lipinski definition) is 0. The minimum Gasteiger partial charge on any atom is -0.371 e. The average Bonchev–Trinajstić information content (AvgIpc) is 2.74. The van der Waals surface area contributed by atoms with Gasteiger partial charge in [0.1, 0.15) is 16.6 Å². The molecular formula is C13H17ClN2OS. The van der Waals surface area contributed by atoms with Gasteiger partial charge in [0.2, 0.25) is 0 Å². The maximum Gasteiger partial charge on any atom is 0.157 e. The van der Waals surface area contributed by atoms with Gasteiger partial charge in [-0.1, -0.05) is 25.4 Å². The summed E-state index contributed by atoms with van der Waals surface area (Å²) in [5.41, 5.74) is 0. The van der Waals surface area contributed by atoms with Crippen LogP contribution in [0.1, 0.15) is 33.0 Å². The van der Waals surface area contributed by atoms with Gasteiger partial charge in [-0.25, -0.2) is 9.97 Å². The number of halogens is 1. The van der Waals surface area contributed by atoms with E-state index in [1.54, 1.807) is 11.3 Å². The zero-order valence-electron chi connectivity index (χ0n) is 10.8. The number of ether oxygens (including phenoxy) is 1. The molecule has 2 aromatic heterocycles. The number of fused-ring (bicyclic) bond motifs is 1. The lowest BCUT2D eigenvalue weighted by molar-refractivity contribution is 0.0361. The Morgan fingerprint density at radius 3 is 2.83 bits per heavy atom. The van der Waals surface area contributed by atoms with E-state index in [4.69, 9.17) is 16.3 Å². The fraction of sp³-hybridized carbons (Fsp3) is 0.538. The second-order valence-electron chi connectivity index (χ2n) is 4.82. The van der Waals surface area contributed by atoms with Gasteiger partial charge >= 0.3 is 0 Å². The van der Waals surface area contributed by atoms with Crippen molar-refractivity contribution < 1.29 is 4.74 Å². The van der Waals surface area contributed by atoms with E-state index in [2.05, 4.69) is 30.7 Å². The predicted molar refractivity (Wildman–Crippen MR) is 76.1 cm³/mol. The van der Waals surface area contributed by atoms with Crippen LogP contribution in [0.2, 0.25) is 5.15 Å². The first-order chi connectivity index (χ1) is 8.56. The molecule has 0 amide bonds. The summed E-state index contributed by atoms with van der Waals surface area (Å²) in [7, 11) is 0. The van der Waals surface area contributed by atoms with E-state index in [0.717, 1.165) is 16.6 Å². The van der Waals surface area contributed by atoms with Gasteiger partial charge in [-0.2, -0.15) is 0 Å². The van der Waals surface area contributed by atoms with Gasteiger partial charge in [0.25, 0.3) is 0 Å². The Hall–Kier alpha value is -0.710. The fourth-order valence-electron chi connectivity index (χ4n) is 1.87. The average molecular weight is 285 g/mol. The number of aromatic nitrogens is 2. The van der Waals surface area contributed by atoms with Crippen LogP contribution < -0.4 is 0 Å². The van der Waals surface area contributed by atoms with Gasteiger partial charge in [0.05, 0.1) is 6.10 Å². The summed E-state index contributed by atoms with van der Waals surface area (Å²) >= 11 is 7.67. The molecule has 0 saturated heterocycles. The minimum atomic E-state index is 0.214. The van der Waals surface area contributed by atoms with Gasteiger partial charge in [0, 0.05) is 5.39 Å². The van der Waals surface area contributed by atoms with E-state index < -0.39 is 0 Å². The van der Waals surface area contributed by atoms with Crippen LogP contribution in [0.5, 0.6) is 0 Å². The van der Waals surface area contributed by atoms with Gasteiger partial charge in [-0.05, 0) is 30.7 Å². The number of rotatable bonds is 5. The monoisotopic (exact) mass is 284 g/mol. The first-order valence-corrected chi connectivity index (χ1v) is 7.33. The molecule has 2 rings (SSSR count). The van der Waals surface area contributed by atoms with Crippen molar-refractivity contribution in [3.63, 3.8) is 0 Å².